The molecule has 0 aliphatic carbocycles. The van der Waals surface area contributed by atoms with Crippen LogP contribution in [0.1, 0.15) is 40.0 Å². The number of esters is 3. The Labute approximate surface area is 368 Å². The summed E-state index contributed by atoms with van der Waals surface area (Å²) in [5.74, 6) is 0.0694. The van der Waals surface area contributed by atoms with Crippen molar-refractivity contribution < 1.29 is 39.5 Å². The fourth-order valence-corrected chi connectivity index (χ4v) is 15.8. The summed E-state index contributed by atoms with van der Waals surface area (Å²) >= 11 is 1.26. The average Bonchev–Trinajstić information content (AvgIpc) is 3.16. The number of carbonyl (C=O) groups is 3. The number of hydrogen-bond donors (Lipinski definition) is 0. The highest BCUT2D eigenvalue weighted by Crippen LogP contribution is 2.69. The van der Waals surface area contributed by atoms with Crippen molar-refractivity contribution >= 4 is 61.4 Å². The molecule has 15 nitrogen and oxygen atoms in total. The quantitative estimate of drug-likeness (QED) is 0.0173. The fourth-order valence-electron chi connectivity index (χ4n) is 5.01. The van der Waals surface area contributed by atoms with Gasteiger partial charge in [-0.2, -0.15) is 40.6 Å². The van der Waals surface area contributed by atoms with E-state index >= 15 is 0 Å². The minimum absolute atomic E-state index is 0.0669. The Balaban J connectivity index is 6.04. The van der Waals surface area contributed by atoms with Gasteiger partial charge in [0.2, 0.25) is 0 Å². The Morgan fingerprint density at radius 2 is 0.900 bits per heavy atom. The summed E-state index contributed by atoms with van der Waals surface area (Å²) in [4.78, 5) is 41.7. The zero-order valence-corrected chi connectivity index (χ0v) is 40.4. The molecular formula is C41H66N6O9S4. The van der Waals surface area contributed by atoms with Crippen molar-refractivity contribution in [3.8, 4) is 18.2 Å². The zero-order valence-electron chi connectivity index (χ0n) is 37.2. The van der Waals surface area contributed by atoms with Crippen molar-refractivity contribution in [2.24, 2.45) is 0 Å². The Morgan fingerprint density at radius 1 is 0.567 bits per heavy atom. The van der Waals surface area contributed by atoms with Crippen LogP contribution in [0.4, 0.5) is 0 Å². The largest absolute Gasteiger partial charge is 0.462 e. The van der Waals surface area contributed by atoms with Crippen LogP contribution in [0, 0.1) is 34.0 Å². The smallest absolute Gasteiger partial charge is 0.348 e. The van der Waals surface area contributed by atoms with Gasteiger partial charge in [-0.3, -0.25) is 0 Å². The van der Waals surface area contributed by atoms with E-state index in [-0.39, 0.29) is 36.5 Å². The molecule has 0 heterocycles. The van der Waals surface area contributed by atoms with Crippen LogP contribution in [0.15, 0.2) is 71.8 Å². The fraction of sp³-hybridized carbons (Fsp3) is 0.561. The lowest BCUT2D eigenvalue weighted by Gasteiger charge is -2.53. The van der Waals surface area contributed by atoms with E-state index in [2.05, 4.69) is 12.5 Å². The maximum atomic E-state index is 12.0. The van der Waals surface area contributed by atoms with Gasteiger partial charge in [0.15, 0.2) is 0 Å². The van der Waals surface area contributed by atoms with Crippen LogP contribution in [0.25, 0.3) is 0 Å². The average molecular weight is 915 g/mol. The summed E-state index contributed by atoms with van der Waals surface area (Å²) in [6.07, 6.45) is 27.1. The van der Waals surface area contributed by atoms with Crippen molar-refractivity contribution in [3.63, 3.8) is 0 Å². The molecule has 0 bridgehead atoms. The Hall–Kier alpha value is -4.00. The molecule has 2 atom stereocenters. The van der Waals surface area contributed by atoms with Crippen molar-refractivity contribution in [2.45, 2.75) is 40.0 Å². The highest BCUT2D eigenvalue weighted by atomic mass is 32.4. The molecule has 0 saturated carbocycles. The summed E-state index contributed by atoms with van der Waals surface area (Å²) < 4.78 is 35.1. The first kappa shape index (κ1) is 56.0. The zero-order chi connectivity index (χ0) is 45.6. The molecule has 0 spiro atoms. The lowest BCUT2D eigenvalue weighted by atomic mass is 10.3. The lowest BCUT2D eigenvalue weighted by Crippen LogP contribution is -2.23. The summed E-state index contributed by atoms with van der Waals surface area (Å²) in [5, 5.41) is 27.9. The third-order valence-electron chi connectivity index (χ3n) is 7.68. The van der Waals surface area contributed by atoms with E-state index in [4.69, 9.17) is 25.1 Å². The predicted octanol–water partition coefficient (Wildman–Crippen LogP) is 7.37. The summed E-state index contributed by atoms with van der Waals surface area (Å²) in [5.41, 5.74) is -0.223. The molecule has 0 N–H and O–H groups in total. The molecule has 2 unspecified atom stereocenters. The van der Waals surface area contributed by atoms with Gasteiger partial charge in [-0.05, 0) is 108 Å². The van der Waals surface area contributed by atoms with Gasteiger partial charge in [0.1, 0.15) is 34.9 Å². The Kier molecular flexibility index (Phi) is 28.9. The Bertz CT molecular complexity index is 1680. The van der Waals surface area contributed by atoms with Crippen LogP contribution < -0.4 is 0 Å². The van der Waals surface area contributed by atoms with Crippen molar-refractivity contribution in [3.05, 3.63) is 71.8 Å². The molecule has 0 radical (unpaired) electrons. The van der Waals surface area contributed by atoms with Crippen LogP contribution in [0.2, 0.25) is 0 Å². The van der Waals surface area contributed by atoms with E-state index in [1.165, 1.54) is 30.3 Å². The maximum absolute atomic E-state index is 12.0. The van der Waals surface area contributed by atoms with Gasteiger partial charge in [0, 0.05) is 88.8 Å². The van der Waals surface area contributed by atoms with Crippen molar-refractivity contribution in [2.75, 3.05) is 109 Å². The normalized spacial score (nSPS) is 15.8. The SMILES string of the molecule is CCOC(=O)/C(C#N)=C\C=C\N(C)CCCS(C)(C)OS(C)(CCCN(C)/C=C/C=C(/C#N)C(=O)OCC)OS(C)(CCCN(C)/C=C/C=C(/C#N)C(=O)OCC)OSC. The number of rotatable bonds is 30. The van der Waals surface area contributed by atoms with Crippen LogP contribution >= 0.6 is 43.5 Å². The summed E-state index contributed by atoms with van der Waals surface area (Å²) in [6, 6.07) is 5.61. The van der Waals surface area contributed by atoms with E-state index in [9.17, 15) is 30.2 Å². The van der Waals surface area contributed by atoms with Crippen LogP contribution in [-0.2, 0) is 39.5 Å². The highest BCUT2D eigenvalue weighted by molar-refractivity contribution is 8.44. The molecule has 0 saturated heterocycles. The lowest BCUT2D eigenvalue weighted by molar-refractivity contribution is -0.138. The highest BCUT2D eigenvalue weighted by Gasteiger charge is 2.31. The number of nitrogens with zero attached hydrogens (tertiary/aromatic N) is 6. The van der Waals surface area contributed by atoms with E-state index in [0.717, 1.165) is 25.0 Å². The second-order valence-electron chi connectivity index (χ2n) is 13.5. The van der Waals surface area contributed by atoms with Gasteiger partial charge in [0.05, 0.1) is 19.8 Å². The number of hydrogen-bond acceptors (Lipinski definition) is 16. The standard InChI is InChI=1S/C41H66N6O9S4/c1-12-51-39(48)36(33-42)21-15-24-45(4)27-18-30-58(8,9)55-60(11,32-20-29-47(6)26-17-23-38(35-44)41(50)53-14-3)56-59(10,54-57-7)31-19-28-46(5)25-16-22-37(34-43)40(49)52-13-2/h15-17,21-26H,12-14,18-20,27-32H2,1-11H3/b24-15+,25-16+,26-17+,36-21-,37-22-,38-23-. The molecule has 338 valence electrons. The van der Waals surface area contributed by atoms with E-state index in [0.29, 0.717) is 31.1 Å². The molecule has 0 aliphatic heterocycles. The van der Waals surface area contributed by atoms with Gasteiger partial charge in [-0.25, -0.2) is 21.6 Å². The minimum atomic E-state index is -2.16. The molecule has 0 amide bonds. The third-order valence-corrected chi connectivity index (χ3v) is 17.6. The number of ether oxygens (including phenoxy) is 3. The Morgan fingerprint density at radius 3 is 1.22 bits per heavy atom. The molecule has 0 aliphatic rings. The minimum Gasteiger partial charge on any atom is -0.462 e. The second kappa shape index (κ2) is 30.9. The van der Waals surface area contributed by atoms with Gasteiger partial charge >= 0.3 is 17.9 Å². The third kappa shape index (κ3) is 24.9. The molecular weight excluding hydrogens is 849 g/mol. The predicted molar refractivity (Wildman–Crippen MR) is 248 cm³/mol. The molecule has 0 fully saturated rings. The number of allylic oxidation sites excluding steroid dienone is 6. The maximum Gasteiger partial charge on any atom is 0.348 e. The molecule has 60 heavy (non-hydrogen) atoms. The van der Waals surface area contributed by atoms with Crippen LogP contribution in [0.3, 0.4) is 0 Å². The van der Waals surface area contributed by atoms with Crippen LogP contribution in [-0.4, -0.2) is 142 Å². The van der Waals surface area contributed by atoms with Gasteiger partial charge in [0.25, 0.3) is 0 Å². The molecule has 0 rings (SSSR count). The van der Waals surface area contributed by atoms with Gasteiger partial charge in [-0.1, -0.05) is 0 Å². The monoisotopic (exact) mass is 914 g/mol. The van der Waals surface area contributed by atoms with Crippen molar-refractivity contribution in [1.29, 1.82) is 15.8 Å². The van der Waals surface area contributed by atoms with Crippen molar-refractivity contribution in [1.82, 2.24) is 14.7 Å². The first-order chi connectivity index (χ1) is 28.4. The molecule has 19 heteroatoms. The number of nitriles is 3. The molecule has 0 aromatic carbocycles. The topological polar surface area (TPSA) is 188 Å². The van der Waals surface area contributed by atoms with Crippen LogP contribution in [0.5, 0.6) is 0 Å². The van der Waals surface area contributed by atoms with Gasteiger partial charge in [-0.15, -0.1) is 10.3 Å². The first-order valence-corrected chi connectivity index (χ1v) is 27.0. The van der Waals surface area contributed by atoms with E-state index < -0.39 is 49.4 Å². The van der Waals surface area contributed by atoms with E-state index in [1.807, 2.05) is 79.0 Å². The first-order valence-electron chi connectivity index (χ1n) is 19.2. The molecule has 0 aromatic rings. The van der Waals surface area contributed by atoms with E-state index in [1.54, 1.807) is 51.4 Å². The number of carbonyl (C=O) groups excluding carboxylic acids is 3. The summed E-state index contributed by atoms with van der Waals surface area (Å²) in [6.45, 7) is 7.64. The summed E-state index contributed by atoms with van der Waals surface area (Å²) in [7, 11) is -0.133. The second-order valence-corrected chi connectivity index (χ2v) is 23.3. The van der Waals surface area contributed by atoms with Gasteiger partial charge < -0.3 is 28.9 Å². The molecule has 0 aromatic heterocycles.